The Morgan fingerprint density at radius 1 is 1.44 bits per heavy atom. The Hall–Kier alpha value is -1.42. The zero-order valence-electron chi connectivity index (χ0n) is 10.3. The lowest BCUT2D eigenvalue weighted by molar-refractivity contribution is 0.572. The molecule has 94 valence electrons. The molecule has 1 saturated heterocycles. The molecule has 0 radical (unpaired) electrons. The van der Waals surface area contributed by atoms with E-state index < -0.39 is 0 Å². The fraction of sp³-hybridized carbons (Fsp3) is 0.357. The second kappa shape index (κ2) is 5.06. The maximum atomic E-state index is 5.32. The largest absolute Gasteiger partial charge is 0.444 e. The number of benzene rings is 1. The molecule has 0 saturated carbocycles. The molecule has 3 nitrogen and oxygen atoms in total. The van der Waals surface area contributed by atoms with E-state index in [0.29, 0.717) is 11.3 Å². The number of nitrogens with zero attached hydrogens (tertiary/aromatic N) is 1. The second-order valence-corrected chi connectivity index (χ2v) is 6.05. The van der Waals surface area contributed by atoms with E-state index in [4.69, 9.17) is 4.42 Å². The van der Waals surface area contributed by atoms with Crippen LogP contribution in [0.3, 0.4) is 0 Å². The molecule has 2 atom stereocenters. The molecule has 3 rings (SSSR count). The molecular formula is C14H16N2OS. The van der Waals surface area contributed by atoms with Gasteiger partial charge in [0, 0.05) is 22.5 Å². The van der Waals surface area contributed by atoms with Crippen LogP contribution in [0.5, 0.6) is 0 Å². The standard InChI is InChI=1S/C14H16N2OS/c1-10-13(5-6-18-10)16-12-4-2-3-11(7-12)14-8-15-9-17-14/h2-4,7-10,13,16H,5-6H2,1H3. The number of anilines is 1. The number of hydrogen-bond donors (Lipinski definition) is 1. The van der Waals surface area contributed by atoms with Gasteiger partial charge in [0.25, 0.3) is 0 Å². The molecule has 1 aromatic heterocycles. The number of oxazole rings is 1. The molecule has 0 amide bonds. The number of hydrogen-bond acceptors (Lipinski definition) is 4. The van der Waals surface area contributed by atoms with Gasteiger partial charge in [-0.1, -0.05) is 19.1 Å². The van der Waals surface area contributed by atoms with Crippen LogP contribution in [-0.2, 0) is 0 Å². The van der Waals surface area contributed by atoms with E-state index in [-0.39, 0.29) is 0 Å². The third-order valence-corrected chi connectivity index (χ3v) is 4.63. The predicted octanol–water partition coefficient (Wildman–Crippen LogP) is 3.65. The minimum absolute atomic E-state index is 0.569. The number of nitrogens with one attached hydrogen (secondary N) is 1. The highest BCUT2D eigenvalue weighted by Gasteiger charge is 2.23. The number of rotatable bonds is 3. The Kier molecular flexibility index (Phi) is 3.28. The second-order valence-electron chi connectivity index (χ2n) is 4.56. The van der Waals surface area contributed by atoms with Crippen molar-refractivity contribution in [3.05, 3.63) is 36.9 Å². The van der Waals surface area contributed by atoms with Crippen LogP contribution in [0.1, 0.15) is 13.3 Å². The summed E-state index contributed by atoms with van der Waals surface area (Å²) in [6.45, 7) is 2.29. The summed E-state index contributed by atoms with van der Waals surface area (Å²) in [6, 6.07) is 8.89. The Morgan fingerprint density at radius 2 is 2.39 bits per heavy atom. The van der Waals surface area contributed by atoms with Gasteiger partial charge in [-0.2, -0.15) is 11.8 Å². The van der Waals surface area contributed by atoms with Gasteiger partial charge in [0.1, 0.15) is 0 Å². The average Bonchev–Trinajstić information content (AvgIpc) is 3.02. The van der Waals surface area contributed by atoms with Crippen LogP contribution in [0.2, 0.25) is 0 Å². The monoisotopic (exact) mass is 260 g/mol. The molecule has 0 spiro atoms. The predicted molar refractivity (Wildman–Crippen MR) is 75.9 cm³/mol. The van der Waals surface area contributed by atoms with E-state index in [2.05, 4.69) is 29.4 Å². The van der Waals surface area contributed by atoms with Crippen molar-refractivity contribution in [3.63, 3.8) is 0 Å². The van der Waals surface area contributed by atoms with Crippen molar-refractivity contribution in [1.29, 1.82) is 0 Å². The van der Waals surface area contributed by atoms with Gasteiger partial charge in [0.05, 0.1) is 6.20 Å². The molecule has 2 aromatic rings. The zero-order valence-corrected chi connectivity index (χ0v) is 11.1. The molecule has 18 heavy (non-hydrogen) atoms. The van der Waals surface area contributed by atoms with Crippen molar-refractivity contribution in [2.45, 2.75) is 24.6 Å². The van der Waals surface area contributed by atoms with Gasteiger partial charge in [-0.25, -0.2) is 4.98 Å². The van der Waals surface area contributed by atoms with Crippen LogP contribution < -0.4 is 5.32 Å². The van der Waals surface area contributed by atoms with Crippen molar-refractivity contribution in [3.8, 4) is 11.3 Å². The summed E-state index contributed by atoms with van der Waals surface area (Å²) in [5.74, 6) is 2.06. The normalized spacial score (nSPS) is 23.2. The van der Waals surface area contributed by atoms with E-state index in [9.17, 15) is 0 Å². The molecule has 1 aromatic carbocycles. The number of aromatic nitrogens is 1. The van der Waals surface area contributed by atoms with Gasteiger partial charge in [0.15, 0.2) is 12.2 Å². The van der Waals surface area contributed by atoms with Crippen LogP contribution in [0.4, 0.5) is 5.69 Å². The van der Waals surface area contributed by atoms with Crippen molar-refractivity contribution in [1.82, 2.24) is 4.98 Å². The molecule has 1 fully saturated rings. The first-order valence-electron chi connectivity index (χ1n) is 6.20. The van der Waals surface area contributed by atoms with E-state index >= 15 is 0 Å². The minimum atomic E-state index is 0.569. The lowest BCUT2D eigenvalue weighted by atomic mass is 10.1. The van der Waals surface area contributed by atoms with Crippen molar-refractivity contribution >= 4 is 17.4 Å². The molecule has 0 aliphatic carbocycles. The van der Waals surface area contributed by atoms with Crippen LogP contribution in [0.25, 0.3) is 11.3 Å². The summed E-state index contributed by atoms with van der Waals surface area (Å²) in [7, 11) is 0. The van der Waals surface area contributed by atoms with Crippen LogP contribution in [0, 0.1) is 0 Å². The quantitative estimate of drug-likeness (QED) is 0.914. The van der Waals surface area contributed by atoms with E-state index in [1.54, 1.807) is 6.20 Å². The third kappa shape index (κ3) is 2.38. The zero-order chi connectivity index (χ0) is 12.4. The molecule has 1 aliphatic rings. The Bertz CT molecular complexity index is 512. The van der Waals surface area contributed by atoms with E-state index in [0.717, 1.165) is 17.0 Å². The van der Waals surface area contributed by atoms with Gasteiger partial charge in [-0.15, -0.1) is 0 Å². The Labute approximate surface area is 111 Å². The summed E-state index contributed by atoms with van der Waals surface area (Å²) in [4.78, 5) is 3.95. The first-order chi connectivity index (χ1) is 8.83. The first kappa shape index (κ1) is 11.7. The first-order valence-corrected chi connectivity index (χ1v) is 7.25. The van der Waals surface area contributed by atoms with Crippen LogP contribution in [-0.4, -0.2) is 22.0 Å². The minimum Gasteiger partial charge on any atom is -0.444 e. The maximum absolute atomic E-state index is 5.32. The molecule has 1 aliphatic heterocycles. The van der Waals surface area contributed by atoms with Crippen molar-refractivity contribution < 1.29 is 4.42 Å². The molecule has 4 heteroatoms. The van der Waals surface area contributed by atoms with Gasteiger partial charge in [-0.05, 0) is 24.3 Å². The van der Waals surface area contributed by atoms with Crippen LogP contribution >= 0.6 is 11.8 Å². The van der Waals surface area contributed by atoms with Crippen LogP contribution in [0.15, 0.2) is 41.3 Å². The summed E-state index contributed by atoms with van der Waals surface area (Å²) < 4.78 is 5.32. The highest BCUT2D eigenvalue weighted by atomic mass is 32.2. The summed E-state index contributed by atoms with van der Waals surface area (Å²) in [5, 5.41) is 4.29. The summed E-state index contributed by atoms with van der Waals surface area (Å²) >= 11 is 2.04. The smallest absolute Gasteiger partial charge is 0.181 e. The third-order valence-electron chi connectivity index (χ3n) is 3.31. The fourth-order valence-electron chi connectivity index (χ4n) is 2.26. The van der Waals surface area contributed by atoms with Gasteiger partial charge in [-0.3, -0.25) is 0 Å². The average molecular weight is 260 g/mol. The Balaban J connectivity index is 1.79. The molecule has 2 unspecified atom stereocenters. The molecule has 1 N–H and O–H groups in total. The van der Waals surface area contributed by atoms with Gasteiger partial charge in [0.2, 0.25) is 0 Å². The lowest BCUT2D eigenvalue weighted by Gasteiger charge is -2.18. The SMILES string of the molecule is CC1SCCC1Nc1cccc(-c2cnco2)c1. The number of thioether (sulfide) groups is 1. The highest BCUT2D eigenvalue weighted by Crippen LogP contribution is 2.30. The summed E-state index contributed by atoms with van der Waals surface area (Å²) in [6.07, 6.45) is 4.44. The van der Waals surface area contributed by atoms with Gasteiger partial charge < -0.3 is 9.73 Å². The summed E-state index contributed by atoms with van der Waals surface area (Å²) in [5.41, 5.74) is 2.22. The molecule has 0 bridgehead atoms. The topological polar surface area (TPSA) is 38.1 Å². The van der Waals surface area contributed by atoms with Crippen molar-refractivity contribution in [2.24, 2.45) is 0 Å². The maximum Gasteiger partial charge on any atom is 0.181 e. The van der Waals surface area contributed by atoms with Gasteiger partial charge >= 0.3 is 0 Å². The lowest BCUT2D eigenvalue weighted by Crippen LogP contribution is -2.24. The molecule has 2 heterocycles. The Morgan fingerprint density at radius 3 is 3.11 bits per heavy atom. The fourth-order valence-corrected chi connectivity index (χ4v) is 3.45. The highest BCUT2D eigenvalue weighted by molar-refractivity contribution is 8.00. The van der Waals surface area contributed by atoms with E-state index in [1.807, 2.05) is 23.9 Å². The van der Waals surface area contributed by atoms with Crippen molar-refractivity contribution in [2.75, 3.05) is 11.1 Å². The molecular weight excluding hydrogens is 244 g/mol. The van der Waals surface area contributed by atoms with E-state index in [1.165, 1.54) is 18.6 Å².